The van der Waals surface area contributed by atoms with Crippen LogP contribution in [0, 0.1) is 6.92 Å². The van der Waals surface area contributed by atoms with Crippen molar-refractivity contribution in [2.75, 3.05) is 0 Å². The molecule has 7 heteroatoms. The van der Waals surface area contributed by atoms with E-state index in [1.165, 1.54) is 0 Å². The number of aromatic nitrogens is 4. The van der Waals surface area contributed by atoms with Gasteiger partial charge in [-0.05, 0) is 73.8 Å². The number of nitrogens with zero attached hydrogens (tertiary/aromatic N) is 4. The van der Waals surface area contributed by atoms with Crippen molar-refractivity contribution in [3.05, 3.63) is 32.5 Å². The summed E-state index contributed by atoms with van der Waals surface area (Å²) < 4.78 is 3.47. The van der Waals surface area contributed by atoms with Crippen LogP contribution in [0.25, 0.3) is 5.69 Å². The molecule has 2 rings (SSSR count). The first-order valence-electron chi connectivity index (χ1n) is 5.00. The molecule has 90 valence electrons. The SMILES string of the molecule is Cc1cc(Br)c(-n2nnnc2C(C)N)c(Br)c1. The van der Waals surface area contributed by atoms with Gasteiger partial charge in [-0.25, -0.2) is 0 Å². The van der Waals surface area contributed by atoms with Gasteiger partial charge in [0.05, 0.1) is 11.7 Å². The zero-order valence-corrected chi connectivity index (χ0v) is 12.5. The second kappa shape index (κ2) is 4.83. The first-order chi connectivity index (χ1) is 8.00. The molecule has 1 atom stereocenters. The molecule has 0 radical (unpaired) electrons. The molecule has 0 bridgehead atoms. The minimum absolute atomic E-state index is 0.231. The van der Waals surface area contributed by atoms with Crippen molar-refractivity contribution in [2.24, 2.45) is 5.73 Å². The lowest BCUT2D eigenvalue weighted by Crippen LogP contribution is -2.14. The highest BCUT2D eigenvalue weighted by Crippen LogP contribution is 2.31. The molecule has 1 aromatic heterocycles. The Hall–Kier alpha value is -0.790. The summed E-state index contributed by atoms with van der Waals surface area (Å²) in [7, 11) is 0. The highest BCUT2D eigenvalue weighted by Gasteiger charge is 2.17. The van der Waals surface area contributed by atoms with Gasteiger partial charge in [-0.2, -0.15) is 4.68 Å². The van der Waals surface area contributed by atoms with Crippen molar-refractivity contribution in [3.8, 4) is 5.69 Å². The van der Waals surface area contributed by atoms with Crippen LogP contribution in [0.15, 0.2) is 21.1 Å². The van der Waals surface area contributed by atoms with Crippen LogP contribution in [-0.4, -0.2) is 20.2 Å². The summed E-state index contributed by atoms with van der Waals surface area (Å²) in [5.41, 5.74) is 7.83. The lowest BCUT2D eigenvalue weighted by Gasteiger charge is -2.11. The summed E-state index contributed by atoms with van der Waals surface area (Å²) in [6.45, 7) is 3.86. The Morgan fingerprint density at radius 2 is 1.88 bits per heavy atom. The molecule has 0 spiro atoms. The topological polar surface area (TPSA) is 69.6 Å². The van der Waals surface area contributed by atoms with E-state index in [1.807, 2.05) is 26.0 Å². The highest BCUT2D eigenvalue weighted by atomic mass is 79.9. The minimum Gasteiger partial charge on any atom is -0.321 e. The smallest absolute Gasteiger partial charge is 0.173 e. The van der Waals surface area contributed by atoms with Crippen LogP contribution in [0.5, 0.6) is 0 Å². The Morgan fingerprint density at radius 1 is 1.29 bits per heavy atom. The molecule has 0 aliphatic carbocycles. The molecular weight excluding hydrogens is 350 g/mol. The van der Waals surface area contributed by atoms with Gasteiger partial charge in [-0.1, -0.05) is 0 Å². The van der Waals surface area contributed by atoms with Gasteiger partial charge in [0.15, 0.2) is 5.82 Å². The van der Waals surface area contributed by atoms with E-state index in [0.29, 0.717) is 5.82 Å². The van der Waals surface area contributed by atoms with Crippen molar-refractivity contribution in [1.82, 2.24) is 20.2 Å². The Kier molecular flexibility index (Phi) is 3.60. The molecule has 1 unspecified atom stereocenters. The van der Waals surface area contributed by atoms with E-state index >= 15 is 0 Å². The fourth-order valence-corrected chi connectivity index (χ4v) is 3.28. The van der Waals surface area contributed by atoms with Crippen LogP contribution in [0.2, 0.25) is 0 Å². The summed E-state index contributed by atoms with van der Waals surface area (Å²) in [5, 5.41) is 11.6. The van der Waals surface area contributed by atoms with Crippen LogP contribution in [0.3, 0.4) is 0 Å². The van der Waals surface area contributed by atoms with E-state index in [2.05, 4.69) is 47.4 Å². The number of nitrogens with two attached hydrogens (primary N) is 1. The second-order valence-corrected chi connectivity index (χ2v) is 5.52. The molecular formula is C10H11Br2N5. The molecule has 0 amide bonds. The van der Waals surface area contributed by atoms with Gasteiger partial charge in [0.25, 0.3) is 0 Å². The maximum Gasteiger partial charge on any atom is 0.173 e. The van der Waals surface area contributed by atoms with Crippen molar-refractivity contribution in [3.63, 3.8) is 0 Å². The monoisotopic (exact) mass is 359 g/mol. The lowest BCUT2D eigenvalue weighted by atomic mass is 10.2. The average molecular weight is 361 g/mol. The average Bonchev–Trinajstić information content (AvgIpc) is 2.64. The summed E-state index contributed by atoms with van der Waals surface area (Å²) in [6, 6.07) is 3.78. The van der Waals surface area contributed by atoms with Crippen LogP contribution in [-0.2, 0) is 0 Å². The Balaban J connectivity index is 2.64. The third kappa shape index (κ3) is 2.41. The Bertz CT molecular complexity index is 526. The summed E-state index contributed by atoms with van der Waals surface area (Å²) in [4.78, 5) is 0. The molecule has 2 aromatic rings. The highest BCUT2D eigenvalue weighted by molar-refractivity contribution is 9.11. The molecule has 1 aromatic carbocycles. The van der Waals surface area contributed by atoms with Crippen molar-refractivity contribution in [2.45, 2.75) is 19.9 Å². The number of rotatable bonds is 2. The van der Waals surface area contributed by atoms with Crippen LogP contribution >= 0.6 is 31.9 Å². The van der Waals surface area contributed by atoms with Gasteiger partial charge < -0.3 is 5.73 Å². The van der Waals surface area contributed by atoms with Crippen LogP contribution in [0.1, 0.15) is 24.4 Å². The van der Waals surface area contributed by atoms with Crippen molar-refractivity contribution >= 4 is 31.9 Å². The summed E-state index contributed by atoms with van der Waals surface area (Å²) >= 11 is 7.03. The molecule has 0 saturated carbocycles. The molecule has 0 aliphatic heterocycles. The van der Waals surface area contributed by atoms with Crippen molar-refractivity contribution in [1.29, 1.82) is 0 Å². The van der Waals surface area contributed by atoms with Crippen LogP contribution in [0.4, 0.5) is 0 Å². The zero-order valence-electron chi connectivity index (χ0n) is 9.35. The maximum atomic E-state index is 5.83. The molecule has 0 aliphatic rings. The van der Waals surface area contributed by atoms with E-state index in [0.717, 1.165) is 20.2 Å². The predicted molar refractivity (Wildman–Crippen MR) is 71.9 cm³/mol. The first-order valence-corrected chi connectivity index (χ1v) is 6.59. The fourth-order valence-electron chi connectivity index (χ4n) is 1.53. The van der Waals surface area contributed by atoms with Crippen LogP contribution < -0.4 is 5.73 Å². The molecule has 5 nitrogen and oxygen atoms in total. The molecule has 17 heavy (non-hydrogen) atoms. The third-order valence-corrected chi connectivity index (χ3v) is 3.48. The van der Waals surface area contributed by atoms with E-state index in [1.54, 1.807) is 4.68 Å². The lowest BCUT2D eigenvalue weighted by molar-refractivity contribution is 0.685. The first kappa shape index (κ1) is 12.7. The number of hydrogen-bond acceptors (Lipinski definition) is 4. The predicted octanol–water partition coefficient (Wildman–Crippen LogP) is 2.52. The van der Waals surface area contributed by atoms with E-state index in [4.69, 9.17) is 5.73 Å². The minimum atomic E-state index is -0.231. The third-order valence-electron chi connectivity index (χ3n) is 2.27. The van der Waals surface area contributed by atoms with Crippen molar-refractivity contribution < 1.29 is 0 Å². The maximum absolute atomic E-state index is 5.83. The van der Waals surface area contributed by atoms with E-state index in [9.17, 15) is 0 Å². The normalized spacial score (nSPS) is 12.8. The Labute approximate surface area is 116 Å². The standard InChI is InChI=1S/C10H11Br2N5/c1-5-3-7(11)9(8(12)4-5)17-10(6(2)13)14-15-16-17/h3-4,6H,13H2,1-2H3. The van der Waals surface area contributed by atoms with E-state index < -0.39 is 0 Å². The molecule has 1 heterocycles. The quantitative estimate of drug-likeness (QED) is 0.893. The van der Waals surface area contributed by atoms with Gasteiger partial charge in [-0.3, -0.25) is 0 Å². The molecule has 0 saturated heterocycles. The van der Waals surface area contributed by atoms with Gasteiger partial charge >= 0.3 is 0 Å². The number of tetrazole rings is 1. The largest absolute Gasteiger partial charge is 0.321 e. The Morgan fingerprint density at radius 3 is 2.41 bits per heavy atom. The number of halogens is 2. The molecule has 0 fully saturated rings. The van der Waals surface area contributed by atoms with Gasteiger partial charge in [0.2, 0.25) is 0 Å². The number of hydrogen-bond donors (Lipinski definition) is 1. The number of benzene rings is 1. The van der Waals surface area contributed by atoms with Gasteiger partial charge in [0, 0.05) is 8.95 Å². The van der Waals surface area contributed by atoms with E-state index in [-0.39, 0.29) is 6.04 Å². The zero-order chi connectivity index (χ0) is 12.6. The summed E-state index contributed by atoms with van der Waals surface area (Å²) in [6.07, 6.45) is 0. The van der Waals surface area contributed by atoms with Gasteiger partial charge in [0.1, 0.15) is 0 Å². The second-order valence-electron chi connectivity index (χ2n) is 3.81. The van der Waals surface area contributed by atoms with Gasteiger partial charge in [-0.15, -0.1) is 5.10 Å². The summed E-state index contributed by atoms with van der Waals surface area (Å²) in [5.74, 6) is 0.621. The molecule has 2 N–H and O–H groups in total. The number of aryl methyl sites for hydroxylation is 1. The fraction of sp³-hybridized carbons (Fsp3) is 0.300.